The summed E-state index contributed by atoms with van der Waals surface area (Å²) in [4.78, 5) is 12.9. The lowest BCUT2D eigenvalue weighted by Gasteiger charge is -2.32. The summed E-state index contributed by atoms with van der Waals surface area (Å²) < 4.78 is 5.22. The Hall–Kier alpha value is -0.260. The van der Waals surface area contributed by atoms with Crippen molar-refractivity contribution in [3.05, 3.63) is 0 Å². The van der Waals surface area contributed by atoms with Gasteiger partial charge >= 0.3 is 5.97 Å². The van der Waals surface area contributed by atoms with Crippen LogP contribution in [0.4, 0.5) is 0 Å². The topological polar surface area (TPSA) is 49.8 Å². The molecule has 1 rings (SSSR count). The second kappa shape index (κ2) is 6.27. The molecule has 0 aromatic rings. The Morgan fingerprint density at radius 3 is 3.14 bits per heavy atom. The number of rotatable bonds is 5. The van der Waals surface area contributed by atoms with Gasteiger partial charge in [0, 0.05) is 31.2 Å². The Kier molecular flexibility index (Phi) is 5.29. The standard InChI is InChI=1S/C9H17NO3S/c1-2-13-5-3-10-4-6-14-7-8(10)9(11)12/h8H,2-7H2,1H3,(H,11,12). The number of carbonyl (C=O) groups is 1. The molecule has 1 aliphatic rings. The van der Waals surface area contributed by atoms with E-state index in [4.69, 9.17) is 9.84 Å². The lowest BCUT2D eigenvalue weighted by molar-refractivity contribution is -0.142. The van der Waals surface area contributed by atoms with Crippen LogP contribution in [0, 0.1) is 0 Å². The molecule has 1 saturated heterocycles. The summed E-state index contributed by atoms with van der Waals surface area (Å²) >= 11 is 1.71. The number of aliphatic carboxylic acids is 1. The maximum absolute atomic E-state index is 10.9. The van der Waals surface area contributed by atoms with Crippen molar-refractivity contribution in [3.8, 4) is 0 Å². The first-order valence-electron chi connectivity index (χ1n) is 4.88. The molecular formula is C9H17NO3S. The van der Waals surface area contributed by atoms with Crippen molar-refractivity contribution >= 4 is 17.7 Å². The normalized spacial score (nSPS) is 23.6. The van der Waals surface area contributed by atoms with Crippen LogP contribution in [-0.2, 0) is 9.53 Å². The van der Waals surface area contributed by atoms with Crippen molar-refractivity contribution in [2.45, 2.75) is 13.0 Å². The van der Waals surface area contributed by atoms with Crippen LogP contribution in [0.15, 0.2) is 0 Å². The Balaban J connectivity index is 2.34. The molecular weight excluding hydrogens is 202 g/mol. The molecule has 1 N–H and O–H groups in total. The van der Waals surface area contributed by atoms with Gasteiger partial charge in [0.05, 0.1) is 6.61 Å². The highest BCUT2D eigenvalue weighted by atomic mass is 32.2. The van der Waals surface area contributed by atoms with Crippen molar-refractivity contribution in [1.82, 2.24) is 4.90 Å². The molecule has 82 valence electrons. The molecule has 1 aliphatic heterocycles. The maximum Gasteiger partial charge on any atom is 0.321 e. The molecule has 0 amide bonds. The van der Waals surface area contributed by atoms with Crippen LogP contribution in [-0.4, -0.2) is 59.8 Å². The van der Waals surface area contributed by atoms with E-state index < -0.39 is 5.97 Å². The van der Waals surface area contributed by atoms with Gasteiger partial charge in [0.1, 0.15) is 6.04 Å². The zero-order valence-corrected chi connectivity index (χ0v) is 9.26. The third-order valence-corrected chi connectivity index (χ3v) is 3.27. The van der Waals surface area contributed by atoms with E-state index in [0.717, 1.165) is 18.8 Å². The van der Waals surface area contributed by atoms with Gasteiger partial charge in [-0.15, -0.1) is 0 Å². The van der Waals surface area contributed by atoms with Crippen molar-refractivity contribution in [1.29, 1.82) is 0 Å². The van der Waals surface area contributed by atoms with Crippen molar-refractivity contribution in [2.75, 3.05) is 37.8 Å². The third-order valence-electron chi connectivity index (χ3n) is 2.25. The molecule has 0 spiro atoms. The van der Waals surface area contributed by atoms with Crippen LogP contribution in [0.2, 0.25) is 0 Å². The van der Waals surface area contributed by atoms with Gasteiger partial charge < -0.3 is 9.84 Å². The Bertz CT molecular complexity index is 189. The number of hydrogen-bond donors (Lipinski definition) is 1. The highest BCUT2D eigenvalue weighted by Gasteiger charge is 2.28. The number of ether oxygens (including phenoxy) is 1. The molecule has 0 aliphatic carbocycles. The average Bonchev–Trinajstić information content (AvgIpc) is 2.19. The van der Waals surface area contributed by atoms with Gasteiger partial charge in [0.25, 0.3) is 0 Å². The summed E-state index contributed by atoms with van der Waals surface area (Å²) in [6.07, 6.45) is 0. The number of carboxylic acid groups (broad SMARTS) is 1. The molecule has 0 aromatic carbocycles. The molecule has 4 nitrogen and oxygen atoms in total. The van der Waals surface area contributed by atoms with Crippen LogP contribution in [0.25, 0.3) is 0 Å². The molecule has 0 saturated carbocycles. The molecule has 14 heavy (non-hydrogen) atoms. The molecule has 1 atom stereocenters. The predicted octanol–water partition coefficient (Wildman–Crippen LogP) is 0.525. The Morgan fingerprint density at radius 1 is 1.71 bits per heavy atom. The number of thioether (sulfide) groups is 1. The molecule has 0 aromatic heterocycles. The van der Waals surface area contributed by atoms with E-state index in [1.165, 1.54) is 0 Å². The molecule has 1 unspecified atom stereocenters. The van der Waals surface area contributed by atoms with Crippen LogP contribution >= 0.6 is 11.8 Å². The van der Waals surface area contributed by atoms with E-state index in [-0.39, 0.29) is 6.04 Å². The summed E-state index contributed by atoms with van der Waals surface area (Å²) in [7, 11) is 0. The zero-order valence-electron chi connectivity index (χ0n) is 8.44. The number of hydrogen-bond acceptors (Lipinski definition) is 4. The third kappa shape index (κ3) is 3.48. The van der Waals surface area contributed by atoms with Crippen molar-refractivity contribution in [3.63, 3.8) is 0 Å². The van der Waals surface area contributed by atoms with Gasteiger partial charge in [0.15, 0.2) is 0 Å². The minimum atomic E-state index is -0.714. The van der Waals surface area contributed by atoms with E-state index in [9.17, 15) is 4.79 Å². The molecule has 1 fully saturated rings. The highest BCUT2D eigenvalue weighted by molar-refractivity contribution is 7.99. The van der Waals surface area contributed by atoms with Crippen LogP contribution in [0.5, 0.6) is 0 Å². The number of nitrogens with zero attached hydrogens (tertiary/aromatic N) is 1. The first-order chi connectivity index (χ1) is 6.75. The number of carboxylic acids is 1. The van der Waals surface area contributed by atoms with Crippen molar-refractivity contribution in [2.24, 2.45) is 0 Å². The Morgan fingerprint density at radius 2 is 2.50 bits per heavy atom. The molecule has 0 radical (unpaired) electrons. The minimum Gasteiger partial charge on any atom is -0.480 e. The summed E-state index contributed by atoms with van der Waals surface area (Å²) in [5, 5.41) is 8.97. The molecule has 0 bridgehead atoms. The molecule has 5 heteroatoms. The monoisotopic (exact) mass is 219 g/mol. The average molecular weight is 219 g/mol. The quantitative estimate of drug-likeness (QED) is 0.683. The summed E-state index contributed by atoms with van der Waals surface area (Å²) in [6, 6.07) is -0.325. The minimum absolute atomic E-state index is 0.325. The van der Waals surface area contributed by atoms with Crippen LogP contribution in [0.3, 0.4) is 0 Å². The van der Waals surface area contributed by atoms with E-state index in [1.54, 1.807) is 11.8 Å². The van der Waals surface area contributed by atoms with Gasteiger partial charge in [-0.1, -0.05) is 0 Å². The summed E-state index contributed by atoms with van der Waals surface area (Å²) in [6.45, 7) is 4.85. The van der Waals surface area contributed by atoms with Crippen LogP contribution in [0.1, 0.15) is 6.92 Å². The summed E-state index contributed by atoms with van der Waals surface area (Å²) in [5.41, 5.74) is 0. The summed E-state index contributed by atoms with van der Waals surface area (Å²) in [5.74, 6) is 1.01. The second-order valence-electron chi connectivity index (χ2n) is 3.16. The van der Waals surface area contributed by atoms with E-state index in [2.05, 4.69) is 0 Å². The first-order valence-corrected chi connectivity index (χ1v) is 6.03. The lowest BCUT2D eigenvalue weighted by atomic mass is 10.3. The van der Waals surface area contributed by atoms with E-state index in [1.807, 2.05) is 11.8 Å². The van der Waals surface area contributed by atoms with Gasteiger partial charge in [-0.3, -0.25) is 9.69 Å². The highest BCUT2D eigenvalue weighted by Crippen LogP contribution is 2.16. The maximum atomic E-state index is 10.9. The lowest BCUT2D eigenvalue weighted by Crippen LogP contribution is -2.48. The van der Waals surface area contributed by atoms with Gasteiger partial charge in [-0.25, -0.2) is 0 Å². The molecule has 1 heterocycles. The fourth-order valence-corrected chi connectivity index (χ4v) is 2.57. The SMILES string of the molecule is CCOCCN1CCSCC1C(=O)O. The predicted molar refractivity (Wildman–Crippen MR) is 56.8 cm³/mol. The zero-order chi connectivity index (χ0) is 10.4. The Labute approximate surface area is 88.6 Å². The van der Waals surface area contributed by atoms with Gasteiger partial charge in [0.2, 0.25) is 0 Å². The van der Waals surface area contributed by atoms with Gasteiger partial charge in [-0.2, -0.15) is 11.8 Å². The second-order valence-corrected chi connectivity index (χ2v) is 4.31. The van der Waals surface area contributed by atoms with Gasteiger partial charge in [-0.05, 0) is 6.92 Å². The van der Waals surface area contributed by atoms with E-state index in [0.29, 0.717) is 19.0 Å². The fraction of sp³-hybridized carbons (Fsp3) is 0.889. The van der Waals surface area contributed by atoms with Crippen molar-refractivity contribution < 1.29 is 14.6 Å². The largest absolute Gasteiger partial charge is 0.480 e. The van der Waals surface area contributed by atoms with E-state index >= 15 is 0 Å². The first kappa shape index (κ1) is 11.8. The smallest absolute Gasteiger partial charge is 0.321 e. The fourth-order valence-electron chi connectivity index (χ4n) is 1.46. The van der Waals surface area contributed by atoms with Crippen LogP contribution < -0.4 is 0 Å².